The molecular formula is C20H23F2N5O2. The summed E-state index contributed by atoms with van der Waals surface area (Å²) < 4.78 is 36.5. The molecule has 0 fully saturated rings. The Kier molecular flexibility index (Phi) is 6.73. The van der Waals surface area contributed by atoms with E-state index in [0.29, 0.717) is 36.2 Å². The van der Waals surface area contributed by atoms with Crippen molar-refractivity contribution in [2.45, 2.75) is 19.8 Å². The largest absolute Gasteiger partial charge is 0.470 e. The highest BCUT2D eigenvalue weighted by Crippen LogP contribution is 2.24. The minimum Gasteiger partial charge on any atom is -0.470 e. The Hall–Kier alpha value is -3.04. The van der Waals surface area contributed by atoms with Gasteiger partial charge in [-0.3, -0.25) is 5.01 Å². The fourth-order valence-electron chi connectivity index (χ4n) is 2.76. The average Bonchev–Trinajstić information content (AvgIpc) is 2.74. The van der Waals surface area contributed by atoms with E-state index in [2.05, 4.69) is 16.3 Å². The standard InChI is InChI=1S/C20H23F2N5O2/c1-13(23)18(27(24)16-6-4-14(5-7-16)20(21)22)12-29-19-9-8-17(25-26-19)15-3-2-10-28-11-15/h3-9,20H,2,10-12,23-24H2,1H3/b18-13-. The zero-order valence-electron chi connectivity index (χ0n) is 16.0. The summed E-state index contributed by atoms with van der Waals surface area (Å²) in [5.41, 5.74) is 9.00. The van der Waals surface area contributed by atoms with E-state index in [1.165, 1.54) is 29.3 Å². The Bertz CT molecular complexity index is 879. The fourth-order valence-corrected chi connectivity index (χ4v) is 2.76. The van der Waals surface area contributed by atoms with E-state index in [0.717, 1.165) is 17.7 Å². The van der Waals surface area contributed by atoms with Crippen LogP contribution in [0.4, 0.5) is 14.5 Å². The molecule has 0 aliphatic carbocycles. The molecule has 29 heavy (non-hydrogen) atoms. The van der Waals surface area contributed by atoms with Crippen LogP contribution in [-0.4, -0.2) is 30.0 Å². The summed E-state index contributed by atoms with van der Waals surface area (Å²) in [6.07, 6.45) is 0.393. The van der Waals surface area contributed by atoms with Crippen LogP contribution in [0.3, 0.4) is 0 Å². The van der Waals surface area contributed by atoms with Gasteiger partial charge in [0.15, 0.2) is 0 Å². The number of alkyl halides is 2. The molecule has 1 aromatic heterocycles. The third-order valence-corrected chi connectivity index (χ3v) is 4.41. The van der Waals surface area contributed by atoms with E-state index >= 15 is 0 Å². The van der Waals surface area contributed by atoms with Gasteiger partial charge in [0.2, 0.25) is 5.88 Å². The van der Waals surface area contributed by atoms with Gasteiger partial charge in [0.05, 0.1) is 30.3 Å². The topological polar surface area (TPSA) is 99.5 Å². The van der Waals surface area contributed by atoms with Gasteiger partial charge in [-0.05, 0) is 31.5 Å². The van der Waals surface area contributed by atoms with E-state index in [1.54, 1.807) is 13.0 Å². The minimum atomic E-state index is -2.54. The SMILES string of the molecule is C/C(N)=C(\COc1ccc(C2=CCCOC2)nn1)N(N)c1ccc(C(F)F)cc1. The lowest BCUT2D eigenvalue weighted by Crippen LogP contribution is -2.35. The summed E-state index contributed by atoms with van der Waals surface area (Å²) in [7, 11) is 0. The van der Waals surface area contributed by atoms with Crippen LogP contribution in [0.25, 0.3) is 5.57 Å². The minimum absolute atomic E-state index is 0.0370. The van der Waals surface area contributed by atoms with Crippen molar-refractivity contribution >= 4 is 11.3 Å². The quantitative estimate of drug-likeness (QED) is 0.541. The first-order valence-electron chi connectivity index (χ1n) is 9.07. The molecule has 0 radical (unpaired) electrons. The zero-order valence-corrected chi connectivity index (χ0v) is 16.0. The zero-order chi connectivity index (χ0) is 20.8. The van der Waals surface area contributed by atoms with Gasteiger partial charge in [0, 0.05) is 22.9 Å². The van der Waals surface area contributed by atoms with Gasteiger partial charge in [0.25, 0.3) is 6.43 Å². The van der Waals surface area contributed by atoms with Crippen LogP contribution in [0.5, 0.6) is 5.88 Å². The first kappa shape index (κ1) is 20.7. The molecule has 1 aliphatic rings. The molecule has 1 aromatic carbocycles. The van der Waals surface area contributed by atoms with Crippen LogP contribution in [0.2, 0.25) is 0 Å². The second-order valence-electron chi connectivity index (χ2n) is 6.51. The number of ether oxygens (including phenoxy) is 2. The summed E-state index contributed by atoms with van der Waals surface area (Å²) in [4.78, 5) is 0. The predicted octanol–water partition coefficient (Wildman–Crippen LogP) is 3.17. The highest BCUT2D eigenvalue weighted by atomic mass is 19.3. The first-order chi connectivity index (χ1) is 14.0. The van der Waals surface area contributed by atoms with Crippen LogP contribution < -0.4 is 21.3 Å². The van der Waals surface area contributed by atoms with Gasteiger partial charge in [-0.15, -0.1) is 10.2 Å². The van der Waals surface area contributed by atoms with Crippen molar-refractivity contribution in [1.82, 2.24) is 10.2 Å². The molecule has 9 heteroatoms. The normalized spacial score (nSPS) is 15.0. The summed E-state index contributed by atoms with van der Waals surface area (Å²) >= 11 is 0. The number of nitrogens with zero attached hydrogens (tertiary/aromatic N) is 3. The van der Waals surface area contributed by atoms with E-state index in [-0.39, 0.29) is 12.2 Å². The maximum absolute atomic E-state index is 12.7. The van der Waals surface area contributed by atoms with Crippen molar-refractivity contribution in [3.05, 3.63) is 65.1 Å². The Morgan fingerprint density at radius 3 is 2.52 bits per heavy atom. The van der Waals surface area contributed by atoms with Gasteiger partial charge in [-0.1, -0.05) is 18.2 Å². The second kappa shape index (κ2) is 9.44. The summed E-state index contributed by atoms with van der Waals surface area (Å²) in [5.74, 6) is 6.43. The van der Waals surface area contributed by atoms with Crippen LogP contribution >= 0.6 is 0 Å². The number of hydrazine groups is 1. The molecule has 2 heterocycles. The van der Waals surface area contributed by atoms with E-state index in [1.807, 2.05) is 6.07 Å². The molecular weight excluding hydrogens is 380 g/mol. The number of anilines is 1. The lowest BCUT2D eigenvalue weighted by Gasteiger charge is -2.23. The summed E-state index contributed by atoms with van der Waals surface area (Å²) in [5, 5.41) is 9.54. The predicted molar refractivity (Wildman–Crippen MR) is 106 cm³/mol. The number of benzene rings is 1. The van der Waals surface area contributed by atoms with Gasteiger partial charge in [0.1, 0.15) is 6.61 Å². The highest BCUT2D eigenvalue weighted by Gasteiger charge is 2.14. The first-order valence-corrected chi connectivity index (χ1v) is 9.07. The lowest BCUT2D eigenvalue weighted by atomic mass is 10.1. The molecule has 7 nitrogen and oxygen atoms in total. The van der Waals surface area contributed by atoms with Crippen molar-refractivity contribution in [3.63, 3.8) is 0 Å². The van der Waals surface area contributed by atoms with Crippen LogP contribution in [0.1, 0.15) is 31.0 Å². The Morgan fingerprint density at radius 2 is 1.97 bits per heavy atom. The van der Waals surface area contributed by atoms with Gasteiger partial charge < -0.3 is 15.2 Å². The van der Waals surface area contributed by atoms with Gasteiger partial charge in [-0.25, -0.2) is 14.6 Å². The molecule has 0 atom stereocenters. The molecule has 0 saturated carbocycles. The molecule has 4 N–H and O–H groups in total. The second-order valence-corrected chi connectivity index (χ2v) is 6.51. The number of allylic oxidation sites excluding steroid dienone is 1. The number of rotatable bonds is 7. The number of halogens is 2. The molecule has 154 valence electrons. The molecule has 0 unspecified atom stereocenters. The molecule has 0 bridgehead atoms. The third-order valence-electron chi connectivity index (χ3n) is 4.41. The smallest absolute Gasteiger partial charge is 0.263 e. The van der Waals surface area contributed by atoms with Crippen LogP contribution in [0.15, 0.2) is 53.9 Å². The maximum Gasteiger partial charge on any atom is 0.263 e. The maximum atomic E-state index is 12.7. The Balaban J connectivity index is 1.66. The Morgan fingerprint density at radius 1 is 1.21 bits per heavy atom. The monoisotopic (exact) mass is 403 g/mol. The molecule has 2 aromatic rings. The van der Waals surface area contributed by atoms with E-state index in [4.69, 9.17) is 21.1 Å². The van der Waals surface area contributed by atoms with E-state index < -0.39 is 6.43 Å². The highest BCUT2D eigenvalue weighted by molar-refractivity contribution is 5.63. The number of hydrogen-bond acceptors (Lipinski definition) is 7. The van der Waals surface area contributed by atoms with Gasteiger partial charge >= 0.3 is 0 Å². The molecule has 0 saturated heterocycles. The molecule has 3 rings (SSSR count). The molecule has 1 aliphatic heterocycles. The molecule has 0 amide bonds. The molecule has 0 spiro atoms. The Labute approximate surface area is 167 Å². The van der Waals surface area contributed by atoms with E-state index in [9.17, 15) is 8.78 Å². The lowest BCUT2D eigenvalue weighted by molar-refractivity contribution is 0.151. The van der Waals surface area contributed by atoms with Gasteiger partial charge in [-0.2, -0.15) is 0 Å². The average molecular weight is 403 g/mol. The summed E-state index contributed by atoms with van der Waals surface area (Å²) in [6, 6.07) is 9.15. The number of hydrogen-bond donors (Lipinski definition) is 2. The number of aromatic nitrogens is 2. The van der Waals surface area contributed by atoms with Crippen molar-refractivity contribution in [2.24, 2.45) is 11.6 Å². The van der Waals surface area contributed by atoms with Crippen molar-refractivity contribution < 1.29 is 18.3 Å². The van der Waals surface area contributed by atoms with Crippen LogP contribution in [0, 0.1) is 0 Å². The van der Waals surface area contributed by atoms with Crippen LogP contribution in [-0.2, 0) is 4.74 Å². The number of nitrogens with two attached hydrogens (primary N) is 2. The van der Waals surface area contributed by atoms with Crippen molar-refractivity contribution in [2.75, 3.05) is 24.8 Å². The fraction of sp³-hybridized carbons (Fsp3) is 0.300. The van der Waals surface area contributed by atoms with Crippen molar-refractivity contribution in [3.8, 4) is 5.88 Å². The third kappa shape index (κ3) is 5.27. The summed E-state index contributed by atoms with van der Waals surface area (Å²) in [6.45, 7) is 2.94. The van der Waals surface area contributed by atoms with Crippen molar-refractivity contribution in [1.29, 1.82) is 0 Å².